The molecule has 1 heterocycles. The number of aryl methyl sites for hydroxylation is 1. The van der Waals surface area contributed by atoms with Gasteiger partial charge in [0.25, 0.3) is 0 Å². The quantitative estimate of drug-likeness (QED) is 0.659. The predicted molar refractivity (Wildman–Crippen MR) is 103 cm³/mol. The second-order valence-corrected chi connectivity index (χ2v) is 6.57. The van der Waals surface area contributed by atoms with Crippen LogP contribution in [0.15, 0.2) is 54.9 Å². The molecule has 0 spiro atoms. The third-order valence-corrected chi connectivity index (χ3v) is 4.72. The molecule has 2 aromatic carbocycles. The van der Waals surface area contributed by atoms with Crippen LogP contribution in [0.3, 0.4) is 0 Å². The van der Waals surface area contributed by atoms with E-state index < -0.39 is 0 Å². The van der Waals surface area contributed by atoms with E-state index in [-0.39, 0.29) is 12.5 Å². The molecule has 0 aliphatic rings. The van der Waals surface area contributed by atoms with E-state index in [1.165, 1.54) is 0 Å². The third kappa shape index (κ3) is 4.42. The second-order valence-electron chi connectivity index (χ2n) is 6.16. The van der Waals surface area contributed by atoms with Crippen molar-refractivity contribution in [1.82, 2.24) is 14.5 Å². The molecule has 0 atom stereocenters. The van der Waals surface area contributed by atoms with Crippen LogP contribution in [-0.4, -0.2) is 38.6 Å². The lowest BCUT2D eigenvalue weighted by molar-refractivity contribution is -0.132. The minimum Gasteiger partial charge on any atom is -0.396 e. The van der Waals surface area contributed by atoms with E-state index in [1.807, 2.05) is 53.1 Å². The highest BCUT2D eigenvalue weighted by molar-refractivity contribution is 6.31. The number of carbonyl (C=O) groups is 1. The van der Waals surface area contributed by atoms with Crippen LogP contribution < -0.4 is 0 Å². The molecule has 0 saturated heterocycles. The van der Waals surface area contributed by atoms with Gasteiger partial charge in [-0.25, -0.2) is 4.98 Å². The lowest BCUT2D eigenvalue weighted by Crippen LogP contribution is -2.32. The highest BCUT2D eigenvalue weighted by Gasteiger charge is 2.15. The van der Waals surface area contributed by atoms with E-state index in [1.54, 1.807) is 11.2 Å². The van der Waals surface area contributed by atoms with Crippen LogP contribution in [0.2, 0.25) is 5.02 Å². The number of carbonyl (C=O) groups excluding carboxylic acids is 1. The zero-order valence-corrected chi connectivity index (χ0v) is 15.3. The zero-order valence-electron chi connectivity index (χ0n) is 14.5. The number of halogens is 1. The van der Waals surface area contributed by atoms with Crippen LogP contribution in [0.25, 0.3) is 11.0 Å². The standard InChI is InChI=1S/C20H22ClN3O2/c21-17-7-2-1-6-16(17)14-23(11-5-13-25)20(26)10-12-24-15-22-18-8-3-4-9-19(18)24/h1-4,6-9,15,25H,5,10-14H2. The summed E-state index contributed by atoms with van der Waals surface area (Å²) in [6.07, 6.45) is 2.69. The molecule has 1 aromatic heterocycles. The molecule has 136 valence electrons. The van der Waals surface area contributed by atoms with Crippen LogP contribution in [-0.2, 0) is 17.9 Å². The van der Waals surface area contributed by atoms with Gasteiger partial charge < -0.3 is 14.6 Å². The van der Waals surface area contributed by atoms with E-state index in [2.05, 4.69) is 4.98 Å². The number of hydrogen-bond donors (Lipinski definition) is 1. The van der Waals surface area contributed by atoms with Gasteiger partial charge >= 0.3 is 0 Å². The topological polar surface area (TPSA) is 58.4 Å². The number of hydrogen-bond acceptors (Lipinski definition) is 3. The molecular weight excluding hydrogens is 350 g/mol. The van der Waals surface area contributed by atoms with Crippen LogP contribution in [0.5, 0.6) is 0 Å². The highest BCUT2D eigenvalue weighted by Crippen LogP contribution is 2.18. The van der Waals surface area contributed by atoms with Crippen molar-refractivity contribution in [3.05, 3.63) is 65.4 Å². The summed E-state index contributed by atoms with van der Waals surface area (Å²) in [4.78, 5) is 18.9. The monoisotopic (exact) mass is 371 g/mol. The van der Waals surface area contributed by atoms with Gasteiger partial charge in [-0.15, -0.1) is 0 Å². The SMILES string of the molecule is O=C(CCn1cnc2ccccc21)N(CCCO)Cc1ccccc1Cl. The first-order valence-electron chi connectivity index (χ1n) is 8.71. The number of aliphatic hydroxyl groups excluding tert-OH is 1. The molecule has 3 rings (SSSR count). The average molecular weight is 372 g/mol. The summed E-state index contributed by atoms with van der Waals surface area (Å²) >= 11 is 6.23. The predicted octanol–water partition coefficient (Wildman–Crippen LogP) is 3.49. The van der Waals surface area contributed by atoms with E-state index in [0.717, 1.165) is 16.6 Å². The Morgan fingerprint density at radius 1 is 1.15 bits per heavy atom. The fraction of sp³-hybridized carbons (Fsp3) is 0.300. The number of amides is 1. The molecule has 0 aliphatic carbocycles. The van der Waals surface area contributed by atoms with Gasteiger partial charge in [0, 0.05) is 37.7 Å². The van der Waals surface area contributed by atoms with E-state index in [9.17, 15) is 4.79 Å². The lowest BCUT2D eigenvalue weighted by Gasteiger charge is -2.23. The van der Waals surface area contributed by atoms with Crippen molar-refractivity contribution >= 4 is 28.5 Å². The fourth-order valence-electron chi connectivity index (χ4n) is 2.95. The van der Waals surface area contributed by atoms with Crippen LogP contribution in [0.1, 0.15) is 18.4 Å². The van der Waals surface area contributed by atoms with Crippen LogP contribution in [0.4, 0.5) is 0 Å². The van der Waals surface area contributed by atoms with Gasteiger partial charge in [0.15, 0.2) is 0 Å². The number of aliphatic hydroxyl groups is 1. The molecule has 1 amide bonds. The van der Waals surface area contributed by atoms with Crippen LogP contribution in [0, 0.1) is 0 Å². The first-order chi connectivity index (χ1) is 12.7. The molecule has 0 aliphatic heterocycles. The highest BCUT2D eigenvalue weighted by atomic mass is 35.5. The van der Waals surface area contributed by atoms with Gasteiger partial charge in [-0.2, -0.15) is 0 Å². The fourth-order valence-corrected chi connectivity index (χ4v) is 3.14. The van der Waals surface area contributed by atoms with Crippen molar-refractivity contribution in [2.24, 2.45) is 0 Å². The molecular formula is C20H22ClN3O2. The molecule has 6 heteroatoms. The van der Waals surface area contributed by atoms with Gasteiger partial charge in [-0.1, -0.05) is 41.9 Å². The first-order valence-corrected chi connectivity index (χ1v) is 9.09. The Balaban J connectivity index is 1.68. The van der Waals surface area contributed by atoms with E-state index in [0.29, 0.717) is 37.5 Å². The molecule has 0 unspecified atom stereocenters. The minimum atomic E-state index is 0.0381. The molecule has 0 bridgehead atoms. The van der Waals surface area contributed by atoms with Crippen molar-refractivity contribution in [2.45, 2.75) is 25.9 Å². The summed E-state index contributed by atoms with van der Waals surface area (Å²) in [6, 6.07) is 15.4. The normalized spacial score (nSPS) is 11.0. The maximum Gasteiger partial charge on any atom is 0.224 e. The van der Waals surface area contributed by atoms with Crippen molar-refractivity contribution in [3.8, 4) is 0 Å². The van der Waals surface area contributed by atoms with Crippen molar-refractivity contribution in [2.75, 3.05) is 13.2 Å². The third-order valence-electron chi connectivity index (χ3n) is 4.35. The van der Waals surface area contributed by atoms with Crippen molar-refractivity contribution in [3.63, 3.8) is 0 Å². The van der Waals surface area contributed by atoms with E-state index >= 15 is 0 Å². The largest absolute Gasteiger partial charge is 0.396 e. The first kappa shape index (κ1) is 18.4. The van der Waals surface area contributed by atoms with Crippen molar-refractivity contribution in [1.29, 1.82) is 0 Å². The molecule has 0 radical (unpaired) electrons. The molecule has 26 heavy (non-hydrogen) atoms. The number of nitrogens with zero attached hydrogens (tertiary/aromatic N) is 3. The van der Waals surface area contributed by atoms with Gasteiger partial charge in [0.2, 0.25) is 5.91 Å². The summed E-state index contributed by atoms with van der Waals surface area (Å²) in [5, 5.41) is 9.79. The minimum absolute atomic E-state index is 0.0381. The number of aromatic nitrogens is 2. The van der Waals surface area contributed by atoms with Crippen LogP contribution >= 0.6 is 11.6 Å². The number of fused-ring (bicyclic) bond motifs is 1. The molecule has 3 aromatic rings. The zero-order chi connectivity index (χ0) is 18.4. The Kier molecular flexibility index (Phi) is 6.26. The maximum absolute atomic E-state index is 12.8. The number of para-hydroxylation sites is 2. The average Bonchev–Trinajstić information content (AvgIpc) is 3.08. The van der Waals surface area contributed by atoms with Gasteiger partial charge in [0.05, 0.1) is 17.4 Å². The lowest BCUT2D eigenvalue weighted by atomic mass is 10.2. The number of benzene rings is 2. The Bertz CT molecular complexity index is 878. The molecule has 0 saturated carbocycles. The molecule has 1 N–H and O–H groups in total. The van der Waals surface area contributed by atoms with Gasteiger partial charge in [-0.3, -0.25) is 4.79 Å². The van der Waals surface area contributed by atoms with Gasteiger partial charge in [-0.05, 0) is 30.2 Å². The Morgan fingerprint density at radius 3 is 2.73 bits per heavy atom. The Hall–Kier alpha value is -2.37. The smallest absolute Gasteiger partial charge is 0.224 e. The number of imidazole rings is 1. The van der Waals surface area contributed by atoms with Gasteiger partial charge in [0.1, 0.15) is 0 Å². The summed E-state index contributed by atoms with van der Waals surface area (Å²) in [5.41, 5.74) is 2.86. The maximum atomic E-state index is 12.8. The van der Waals surface area contributed by atoms with Crippen molar-refractivity contribution < 1.29 is 9.90 Å². The summed E-state index contributed by atoms with van der Waals surface area (Å²) in [6.45, 7) is 1.57. The van der Waals surface area contributed by atoms with E-state index in [4.69, 9.17) is 16.7 Å². The summed E-state index contributed by atoms with van der Waals surface area (Å²) < 4.78 is 1.99. The summed E-state index contributed by atoms with van der Waals surface area (Å²) in [5.74, 6) is 0.0381. The summed E-state index contributed by atoms with van der Waals surface area (Å²) in [7, 11) is 0. The molecule has 5 nitrogen and oxygen atoms in total. The Labute approximate surface area is 157 Å². The second kappa shape index (κ2) is 8.83. The Morgan fingerprint density at radius 2 is 1.92 bits per heavy atom. The number of rotatable bonds is 8. The molecule has 0 fully saturated rings.